The van der Waals surface area contributed by atoms with E-state index in [1.54, 1.807) is 24.0 Å². The topological polar surface area (TPSA) is 59.1 Å². The van der Waals surface area contributed by atoms with Crippen LogP contribution in [0.4, 0.5) is 11.4 Å². The molecular formula is C28H40Cl2N2O4. The van der Waals surface area contributed by atoms with Crippen molar-refractivity contribution in [3.05, 3.63) is 58.7 Å². The zero-order chi connectivity index (χ0) is 27.3. The van der Waals surface area contributed by atoms with Gasteiger partial charge in [-0.2, -0.15) is 0 Å². The van der Waals surface area contributed by atoms with Gasteiger partial charge in [0.15, 0.2) is 0 Å². The highest BCUT2D eigenvalue weighted by Crippen LogP contribution is 2.28. The lowest BCUT2D eigenvalue weighted by Crippen LogP contribution is -2.43. The number of alkyl halides is 2. The summed E-state index contributed by atoms with van der Waals surface area (Å²) in [6.07, 6.45) is 0.878. The van der Waals surface area contributed by atoms with Gasteiger partial charge in [0.2, 0.25) is 11.8 Å². The van der Waals surface area contributed by atoms with Crippen LogP contribution in [0.5, 0.6) is 0 Å². The van der Waals surface area contributed by atoms with Crippen molar-refractivity contribution in [2.75, 3.05) is 55.5 Å². The minimum Gasteiger partial charge on any atom is -0.383 e. The highest BCUT2D eigenvalue weighted by molar-refractivity contribution is 6.30. The fourth-order valence-corrected chi connectivity index (χ4v) is 4.44. The number of rotatable bonds is 11. The second-order valence-electron chi connectivity index (χ2n) is 8.55. The highest BCUT2D eigenvalue weighted by atomic mass is 35.5. The molecule has 2 amide bonds. The molecule has 2 rings (SSSR count). The van der Waals surface area contributed by atoms with Crippen molar-refractivity contribution in [1.82, 2.24) is 0 Å². The fourth-order valence-electron chi connectivity index (χ4n) is 4.17. The molecule has 2 aromatic carbocycles. The molecule has 0 heterocycles. The van der Waals surface area contributed by atoms with Gasteiger partial charge in [-0.1, -0.05) is 43.3 Å². The summed E-state index contributed by atoms with van der Waals surface area (Å²) in [4.78, 5) is 27.5. The lowest BCUT2D eigenvalue weighted by Gasteiger charge is -2.31. The van der Waals surface area contributed by atoms with Crippen LogP contribution in [0.15, 0.2) is 36.4 Å². The number of methoxy groups -OCH3 is 2. The monoisotopic (exact) mass is 538 g/mol. The number of carbonyl (C=O) groups excluding carboxylic acids is 2. The molecule has 36 heavy (non-hydrogen) atoms. The van der Waals surface area contributed by atoms with Crippen LogP contribution in [0, 0.1) is 20.8 Å². The first-order valence-electron chi connectivity index (χ1n) is 12.0. The van der Waals surface area contributed by atoms with Crippen molar-refractivity contribution in [3.63, 3.8) is 0 Å². The molecule has 2 aromatic rings. The molecule has 0 saturated carbocycles. The molecule has 0 bridgehead atoms. The third kappa shape index (κ3) is 8.77. The molecule has 0 unspecified atom stereocenters. The van der Waals surface area contributed by atoms with Crippen LogP contribution in [0.3, 0.4) is 0 Å². The number of hydrogen-bond donors (Lipinski definition) is 0. The third-order valence-corrected chi connectivity index (χ3v) is 6.28. The van der Waals surface area contributed by atoms with Crippen molar-refractivity contribution in [2.24, 2.45) is 0 Å². The lowest BCUT2D eigenvalue weighted by atomic mass is 10.0. The largest absolute Gasteiger partial charge is 0.383 e. The Morgan fingerprint density at radius 2 is 1.39 bits per heavy atom. The summed E-state index contributed by atoms with van der Waals surface area (Å²) in [6, 6.07) is 12.0. The Hall–Kier alpha value is -2.12. The number of para-hydroxylation sites is 2. The van der Waals surface area contributed by atoms with Gasteiger partial charge in [-0.15, -0.1) is 23.2 Å². The summed E-state index contributed by atoms with van der Waals surface area (Å²) in [5.74, 6) is -0.223. The Bertz CT molecular complexity index is 964. The quantitative estimate of drug-likeness (QED) is 0.345. The number of anilines is 2. The molecule has 0 fully saturated rings. The Labute approximate surface area is 226 Å². The maximum absolute atomic E-state index is 12.2. The van der Waals surface area contributed by atoms with E-state index in [9.17, 15) is 9.59 Å². The summed E-state index contributed by atoms with van der Waals surface area (Å²) < 4.78 is 10.2. The van der Waals surface area contributed by atoms with Gasteiger partial charge in [0.1, 0.15) is 11.8 Å². The minimum absolute atomic E-state index is 0.0164. The predicted octanol–water partition coefficient (Wildman–Crippen LogP) is 5.69. The number of nitrogens with zero attached hydrogens (tertiary/aromatic N) is 2. The van der Waals surface area contributed by atoms with Gasteiger partial charge in [-0.25, -0.2) is 0 Å². The normalized spacial score (nSPS) is 11.4. The minimum atomic E-state index is -0.0962. The molecule has 0 aliphatic rings. The number of amides is 2. The van der Waals surface area contributed by atoms with Crippen LogP contribution in [-0.2, 0) is 25.5 Å². The van der Waals surface area contributed by atoms with Gasteiger partial charge in [0.05, 0.1) is 24.9 Å². The maximum Gasteiger partial charge on any atom is 0.242 e. The Morgan fingerprint density at radius 1 is 0.861 bits per heavy atom. The number of ether oxygens (including phenoxy) is 2. The second kappa shape index (κ2) is 16.6. The van der Waals surface area contributed by atoms with Crippen molar-refractivity contribution >= 4 is 46.4 Å². The van der Waals surface area contributed by atoms with Crippen molar-refractivity contribution in [1.29, 1.82) is 0 Å². The van der Waals surface area contributed by atoms with Crippen molar-refractivity contribution in [3.8, 4) is 0 Å². The molecule has 8 heteroatoms. The van der Waals surface area contributed by atoms with E-state index in [1.807, 2.05) is 58.0 Å². The van der Waals surface area contributed by atoms with Crippen LogP contribution in [0.25, 0.3) is 0 Å². The lowest BCUT2D eigenvalue weighted by molar-refractivity contribution is -0.117. The summed E-state index contributed by atoms with van der Waals surface area (Å²) in [7, 11) is 3.26. The summed E-state index contributed by atoms with van der Waals surface area (Å²) in [5, 5.41) is 0. The average molecular weight is 540 g/mol. The van der Waals surface area contributed by atoms with Gasteiger partial charge in [0.25, 0.3) is 0 Å². The maximum atomic E-state index is 12.2. The Kier molecular flexibility index (Phi) is 14.7. The molecule has 0 aliphatic heterocycles. The zero-order valence-corrected chi connectivity index (χ0v) is 24.1. The van der Waals surface area contributed by atoms with Crippen molar-refractivity contribution in [2.45, 2.75) is 47.1 Å². The number of benzene rings is 2. The molecule has 0 saturated heterocycles. The van der Waals surface area contributed by atoms with E-state index in [-0.39, 0.29) is 29.6 Å². The van der Waals surface area contributed by atoms with Gasteiger partial charge in [-0.3, -0.25) is 9.59 Å². The number of hydrogen-bond acceptors (Lipinski definition) is 4. The molecule has 200 valence electrons. The standard InChI is InChI=1S/C15H22ClNO2.C13H18ClNO2/c1-5-13-8-6-7-11(2)15(13)17(14(18)9-16)12(3)10-19-4;1-10-5-4-6-11(2)13(10)15(7-8-17-3)12(16)9-14/h6-8,12H,5,9-10H2,1-4H3;4-6H,7-9H2,1-3H3/t12-;/m0./s1. The van der Waals surface area contributed by atoms with E-state index < -0.39 is 0 Å². The molecular weight excluding hydrogens is 499 g/mol. The predicted molar refractivity (Wildman–Crippen MR) is 151 cm³/mol. The summed E-state index contributed by atoms with van der Waals surface area (Å²) >= 11 is 11.4. The molecule has 0 radical (unpaired) electrons. The second-order valence-corrected chi connectivity index (χ2v) is 9.08. The summed E-state index contributed by atoms with van der Waals surface area (Å²) in [6.45, 7) is 11.6. The SMILES string of the molecule is CCc1cccc(C)c1N(C(=O)CCl)[C@@H](C)COC.COCCN(C(=O)CCl)c1c(C)cccc1C. The van der Waals surface area contributed by atoms with Gasteiger partial charge in [-0.05, 0) is 56.4 Å². The Morgan fingerprint density at radius 3 is 1.86 bits per heavy atom. The van der Waals surface area contributed by atoms with Crippen LogP contribution in [0.2, 0.25) is 0 Å². The van der Waals surface area contributed by atoms with E-state index in [4.69, 9.17) is 32.7 Å². The van der Waals surface area contributed by atoms with Crippen LogP contribution >= 0.6 is 23.2 Å². The van der Waals surface area contributed by atoms with E-state index in [0.717, 1.165) is 40.0 Å². The van der Waals surface area contributed by atoms with E-state index in [0.29, 0.717) is 19.8 Å². The number of aryl methyl sites for hydroxylation is 4. The smallest absolute Gasteiger partial charge is 0.242 e. The third-order valence-electron chi connectivity index (χ3n) is 5.82. The molecule has 0 aromatic heterocycles. The number of halogens is 2. The van der Waals surface area contributed by atoms with Crippen molar-refractivity contribution < 1.29 is 19.1 Å². The van der Waals surface area contributed by atoms with Crippen LogP contribution < -0.4 is 9.80 Å². The van der Waals surface area contributed by atoms with Gasteiger partial charge in [0, 0.05) is 26.5 Å². The molecule has 0 N–H and O–H groups in total. The first-order valence-corrected chi connectivity index (χ1v) is 13.1. The highest BCUT2D eigenvalue weighted by Gasteiger charge is 2.24. The molecule has 1 atom stereocenters. The Balaban J connectivity index is 0.000000362. The summed E-state index contributed by atoms with van der Waals surface area (Å²) in [5.41, 5.74) is 6.29. The number of carbonyl (C=O) groups is 2. The van der Waals surface area contributed by atoms with E-state index in [1.165, 1.54) is 0 Å². The first-order chi connectivity index (χ1) is 17.2. The first kappa shape index (κ1) is 31.9. The van der Waals surface area contributed by atoms with E-state index >= 15 is 0 Å². The molecule has 6 nitrogen and oxygen atoms in total. The average Bonchev–Trinajstić information content (AvgIpc) is 2.86. The zero-order valence-electron chi connectivity index (χ0n) is 22.6. The van der Waals surface area contributed by atoms with Crippen LogP contribution in [-0.4, -0.2) is 63.6 Å². The van der Waals surface area contributed by atoms with Crippen LogP contribution in [0.1, 0.15) is 36.1 Å². The fraction of sp³-hybridized carbons (Fsp3) is 0.500. The van der Waals surface area contributed by atoms with Gasteiger partial charge < -0.3 is 19.3 Å². The molecule has 0 aliphatic carbocycles. The molecule has 0 spiro atoms. The van der Waals surface area contributed by atoms with Gasteiger partial charge >= 0.3 is 0 Å². The van der Waals surface area contributed by atoms with E-state index in [2.05, 4.69) is 13.0 Å².